The summed E-state index contributed by atoms with van der Waals surface area (Å²) in [5.41, 5.74) is 2.94. The molecule has 0 saturated heterocycles. The quantitative estimate of drug-likeness (QED) is 0.805. The summed E-state index contributed by atoms with van der Waals surface area (Å²) in [6.45, 7) is 0.556. The number of nitrogens with zero attached hydrogens (tertiary/aromatic N) is 2. The van der Waals surface area contributed by atoms with Crippen LogP contribution in [0.4, 0.5) is 0 Å². The lowest BCUT2D eigenvalue weighted by atomic mass is 10.00. The largest absolute Gasteiger partial charge is 0.345 e. The number of hydrogen-bond acceptors (Lipinski definition) is 4. The van der Waals surface area contributed by atoms with Gasteiger partial charge in [-0.2, -0.15) is 0 Å². The Morgan fingerprint density at radius 2 is 1.50 bits per heavy atom. The van der Waals surface area contributed by atoms with Crippen LogP contribution in [0, 0.1) is 0 Å². The molecule has 1 N–H and O–H groups in total. The zero-order valence-electron chi connectivity index (χ0n) is 15.2. The van der Waals surface area contributed by atoms with Crippen LogP contribution in [0.3, 0.4) is 0 Å². The van der Waals surface area contributed by atoms with E-state index in [1.54, 1.807) is 29.2 Å². The van der Waals surface area contributed by atoms with E-state index in [1.807, 2.05) is 18.2 Å². The average molecular weight is 377 g/mol. The highest BCUT2D eigenvalue weighted by molar-refractivity contribution is 6.22. The van der Waals surface area contributed by atoms with Gasteiger partial charge in [0.15, 0.2) is 0 Å². The van der Waals surface area contributed by atoms with Gasteiger partial charge in [0.25, 0.3) is 11.8 Å². The van der Waals surface area contributed by atoms with Gasteiger partial charge >= 0.3 is 0 Å². The van der Waals surface area contributed by atoms with E-state index in [4.69, 9.17) is 0 Å². The van der Waals surface area contributed by atoms with Crippen molar-refractivity contribution >= 4 is 23.6 Å². The molecule has 0 aliphatic carbocycles. The molecular formula is C21H19N3O4. The van der Waals surface area contributed by atoms with Crippen LogP contribution >= 0.6 is 0 Å². The summed E-state index contributed by atoms with van der Waals surface area (Å²) >= 11 is 0. The first kappa shape index (κ1) is 17.9. The van der Waals surface area contributed by atoms with Crippen LogP contribution in [0.15, 0.2) is 48.5 Å². The van der Waals surface area contributed by atoms with Crippen molar-refractivity contribution in [3.05, 3.63) is 70.8 Å². The number of hydrogen-bond donors (Lipinski definition) is 1. The summed E-state index contributed by atoms with van der Waals surface area (Å²) in [4.78, 5) is 51.8. The van der Waals surface area contributed by atoms with E-state index < -0.39 is 24.3 Å². The molecule has 0 radical (unpaired) electrons. The molecule has 0 saturated carbocycles. The van der Waals surface area contributed by atoms with Gasteiger partial charge in [-0.05, 0) is 29.7 Å². The highest BCUT2D eigenvalue weighted by Crippen LogP contribution is 2.22. The van der Waals surface area contributed by atoms with Gasteiger partial charge in [-0.3, -0.25) is 24.1 Å². The highest BCUT2D eigenvalue weighted by atomic mass is 16.2. The number of fused-ring (bicyclic) bond motifs is 2. The van der Waals surface area contributed by atoms with Crippen molar-refractivity contribution in [3.8, 4) is 0 Å². The first-order chi connectivity index (χ1) is 13.5. The van der Waals surface area contributed by atoms with E-state index in [1.165, 1.54) is 5.56 Å². The Balaban J connectivity index is 1.31. The van der Waals surface area contributed by atoms with Gasteiger partial charge in [0.1, 0.15) is 6.54 Å². The number of rotatable bonds is 4. The smallest absolute Gasteiger partial charge is 0.262 e. The normalized spacial score (nSPS) is 15.3. The number of imide groups is 1. The second kappa shape index (κ2) is 7.26. The standard InChI is InChI=1S/C21H19N3O4/c25-18(13-24-20(27)16-7-3-4-8-17(16)21(24)28)22-11-19(26)23-10-9-14-5-1-2-6-15(14)12-23/h1-8H,9-13H2,(H,22,25). The summed E-state index contributed by atoms with van der Waals surface area (Å²) in [5.74, 6) is -1.71. The molecule has 2 aromatic carbocycles. The molecule has 2 heterocycles. The van der Waals surface area contributed by atoms with Crippen molar-refractivity contribution in [3.63, 3.8) is 0 Å². The second-order valence-corrected chi connectivity index (χ2v) is 6.85. The first-order valence-corrected chi connectivity index (χ1v) is 9.11. The van der Waals surface area contributed by atoms with E-state index >= 15 is 0 Å². The minimum absolute atomic E-state index is 0.163. The first-order valence-electron chi connectivity index (χ1n) is 9.11. The van der Waals surface area contributed by atoms with Gasteiger partial charge < -0.3 is 10.2 Å². The van der Waals surface area contributed by atoms with E-state index in [0.29, 0.717) is 24.2 Å². The van der Waals surface area contributed by atoms with Crippen LogP contribution in [0.2, 0.25) is 0 Å². The molecule has 142 valence electrons. The van der Waals surface area contributed by atoms with Crippen LogP contribution in [0.1, 0.15) is 31.8 Å². The lowest BCUT2D eigenvalue weighted by Gasteiger charge is -2.29. The van der Waals surface area contributed by atoms with Gasteiger partial charge in [-0.1, -0.05) is 36.4 Å². The van der Waals surface area contributed by atoms with E-state index in [0.717, 1.165) is 16.9 Å². The van der Waals surface area contributed by atoms with E-state index in [9.17, 15) is 19.2 Å². The maximum atomic E-state index is 12.4. The SMILES string of the molecule is O=C(CN1C(=O)c2ccccc2C1=O)NCC(=O)N1CCc2ccccc2C1. The molecule has 0 aromatic heterocycles. The number of nitrogens with one attached hydrogen (secondary N) is 1. The lowest BCUT2D eigenvalue weighted by Crippen LogP contribution is -2.45. The molecule has 2 aliphatic heterocycles. The van der Waals surface area contributed by atoms with E-state index in [-0.39, 0.29) is 12.5 Å². The Labute approximate surface area is 161 Å². The second-order valence-electron chi connectivity index (χ2n) is 6.85. The fourth-order valence-electron chi connectivity index (χ4n) is 3.58. The Hall–Kier alpha value is -3.48. The molecule has 28 heavy (non-hydrogen) atoms. The Bertz CT molecular complexity index is 950. The van der Waals surface area contributed by atoms with Gasteiger partial charge in [0.05, 0.1) is 17.7 Å². The molecule has 4 amide bonds. The zero-order valence-corrected chi connectivity index (χ0v) is 15.2. The summed E-state index contributed by atoms with van der Waals surface area (Å²) < 4.78 is 0. The fourth-order valence-corrected chi connectivity index (χ4v) is 3.58. The summed E-state index contributed by atoms with van der Waals surface area (Å²) in [5, 5.41) is 2.52. The van der Waals surface area contributed by atoms with Crippen molar-refractivity contribution in [2.24, 2.45) is 0 Å². The van der Waals surface area contributed by atoms with Crippen molar-refractivity contribution in [2.45, 2.75) is 13.0 Å². The van der Waals surface area contributed by atoms with Crippen molar-refractivity contribution in [1.82, 2.24) is 15.1 Å². The third-order valence-corrected chi connectivity index (χ3v) is 5.10. The Kier molecular flexibility index (Phi) is 4.65. The molecule has 0 spiro atoms. The van der Waals surface area contributed by atoms with Crippen molar-refractivity contribution in [1.29, 1.82) is 0 Å². The van der Waals surface area contributed by atoms with Crippen molar-refractivity contribution in [2.75, 3.05) is 19.6 Å². The van der Waals surface area contributed by atoms with Crippen LogP contribution in [-0.4, -0.2) is 53.1 Å². The van der Waals surface area contributed by atoms with Crippen LogP contribution in [0.25, 0.3) is 0 Å². The topological polar surface area (TPSA) is 86.8 Å². The van der Waals surface area contributed by atoms with Gasteiger partial charge in [0.2, 0.25) is 11.8 Å². The van der Waals surface area contributed by atoms with E-state index in [2.05, 4.69) is 11.4 Å². The summed E-state index contributed by atoms with van der Waals surface area (Å²) in [6.07, 6.45) is 0.783. The van der Waals surface area contributed by atoms with Gasteiger partial charge in [-0.15, -0.1) is 0 Å². The highest BCUT2D eigenvalue weighted by Gasteiger charge is 2.36. The molecule has 2 aromatic rings. The molecule has 4 rings (SSSR count). The lowest BCUT2D eigenvalue weighted by molar-refractivity contribution is -0.133. The Morgan fingerprint density at radius 1 is 0.893 bits per heavy atom. The minimum atomic E-state index is -0.541. The van der Waals surface area contributed by atoms with Gasteiger partial charge in [-0.25, -0.2) is 0 Å². The molecule has 0 atom stereocenters. The molecule has 0 bridgehead atoms. The predicted molar refractivity (Wildman–Crippen MR) is 100 cm³/mol. The van der Waals surface area contributed by atoms with Crippen LogP contribution in [-0.2, 0) is 22.6 Å². The maximum Gasteiger partial charge on any atom is 0.262 e. The number of amides is 4. The molecule has 0 unspecified atom stereocenters. The molecule has 2 aliphatic rings. The fraction of sp³-hybridized carbons (Fsp3) is 0.238. The third-order valence-electron chi connectivity index (χ3n) is 5.10. The predicted octanol–water partition coefficient (Wildman–Crippen LogP) is 0.984. The summed E-state index contributed by atoms with van der Waals surface area (Å²) in [7, 11) is 0. The molecule has 7 heteroatoms. The number of benzene rings is 2. The third kappa shape index (κ3) is 3.26. The van der Waals surface area contributed by atoms with Crippen LogP contribution in [0.5, 0.6) is 0 Å². The molecular weight excluding hydrogens is 358 g/mol. The molecule has 7 nitrogen and oxygen atoms in total. The number of carbonyl (C=O) groups excluding carboxylic acids is 4. The maximum absolute atomic E-state index is 12.4. The van der Waals surface area contributed by atoms with Gasteiger partial charge in [0, 0.05) is 13.1 Å². The summed E-state index contributed by atoms with van der Waals surface area (Å²) in [6, 6.07) is 14.4. The zero-order chi connectivity index (χ0) is 19.7. The Morgan fingerprint density at radius 3 is 2.18 bits per heavy atom. The minimum Gasteiger partial charge on any atom is -0.345 e. The average Bonchev–Trinajstić information content (AvgIpc) is 2.97. The number of carbonyl (C=O) groups is 4. The monoisotopic (exact) mass is 377 g/mol. The molecule has 0 fully saturated rings. The van der Waals surface area contributed by atoms with Crippen molar-refractivity contribution < 1.29 is 19.2 Å². The van der Waals surface area contributed by atoms with Crippen LogP contribution < -0.4 is 5.32 Å².